The number of hydrogen-bond acceptors (Lipinski definition) is 3. The van der Waals surface area contributed by atoms with Crippen molar-refractivity contribution in [3.63, 3.8) is 0 Å². The van der Waals surface area contributed by atoms with Crippen LogP contribution in [0.1, 0.15) is 5.56 Å². The third kappa shape index (κ3) is 2.00. The Labute approximate surface area is 100 Å². The van der Waals surface area contributed by atoms with Gasteiger partial charge in [-0.05, 0) is 17.4 Å². The average molecular weight is 232 g/mol. The van der Waals surface area contributed by atoms with Crippen molar-refractivity contribution in [2.45, 2.75) is 12.6 Å². The molecule has 1 heterocycles. The van der Waals surface area contributed by atoms with Crippen molar-refractivity contribution in [2.75, 3.05) is 13.1 Å². The van der Waals surface area contributed by atoms with E-state index >= 15 is 0 Å². The van der Waals surface area contributed by atoms with Gasteiger partial charge >= 0.3 is 6.09 Å². The molecule has 1 saturated heterocycles. The zero-order valence-corrected chi connectivity index (χ0v) is 9.58. The van der Waals surface area contributed by atoms with Crippen LogP contribution in [0.25, 0.3) is 0 Å². The third-order valence-electron chi connectivity index (χ3n) is 3.72. The number of ether oxygens (including phenoxy) is 1. The summed E-state index contributed by atoms with van der Waals surface area (Å²) in [6.45, 7) is 1.87. The fourth-order valence-corrected chi connectivity index (χ4v) is 2.53. The quantitative estimate of drug-likeness (QED) is 0.834. The number of carbonyl (C=O) groups excluding carboxylic acids is 1. The van der Waals surface area contributed by atoms with Gasteiger partial charge in [-0.15, -0.1) is 0 Å². The van der Waals surface area contributed by atoms with Crippen LogP contribution in [0.2, 0.25) is 0 Å². The lowest BCUT2D eigenvalue weighted by Gasteiger charge is -2.18. The second kappa shape index (κ2) is 4.04. The second-order valence-corrected chi connectivity index (χ2v) is 4.85. The van der Waals surface area contributed by atoms with E-state index in [9.17, 15) is 4.79 Å². The van der Waals surface area contributed by atoms with E-state index in [-0.39, 0.29) is 6.09 Å². The van der Waals surface area contributed by atoms with E-state index in [4.69, 9.17) is 10.5 Å². The minimum atomic E-state index is -0.215. The SMILES string of the molecule is NC1[C@@H]2CN(C(=O)OCc3ccccc3)C[C@@H]12. The molecule has 1 aromatic rings. The van der Waals surface area contributed by atoms with E-state index in [2.05, 4.69) is 0 Å². The summed E-state index contributed by atoms with van der Waals surface area (Å²) >= 11 is 0. The van der Waals surface area contributed by atoms with Gasteiger partial charge in [-0.3, -0.25) is 0 Å². The lowest BCUT2D eigenvalue weighted by molar-refractivity contribution is 0.0999. The number of benzene rings is 1. The van der Waals surface area contributed by atoms with Gasteiger partial charge < -0.3 is 15.4 Å². The first-order valence-electron chi connectivity index (χ1n) is 5.97. The zero-order chi connectivity index (χ0) is 11.8. The highest BCUT2D eigenvalue weighted by Gasteiger charge is 2.54. The Bertz CT molecular complexity index is 409. The van der Waals surface area contributed by atoms with Crippen LogP contribution in [0.3, 0.4) is 0 Å². The molecule has 2 N–H and O–H groups in total. The van der Waals surface area contributed by atoms with Gasteiger partial charge in [-0.25, -0.2) is 4.79 Å². The van der Waals surface area contributed by atoms with Crippen molar-refractivity contribution in [1.82, 2.24) is 4.90 Å². The Morgan fingerprint density at radius 3 is 2.59 bits per heavy atom. The van der Waals surface area contributed by atoms with Gasteiger partial charge in [0.2, 0.25) is 0 Å². The molecule has 1 saturated carbocycles. The number of nitrogens with two attached hydrogens (primary N) is 1. The number of hydrogen-bond donors (Lipinski definition) is 1. The molecule has 4 nitrogen and oxygen atoms in total. The average Bonchev–Trinajstić information content (AvgIpc) is 2.81. The maximum absolute atomic E-state index is 11.8. The van der Waals surface area contributed by atoms with E-state index in [1.807, 2.05) is 30.3 Å². The van der Waals surface area contributed by atoms with Crippen molar-refractivity contribution in [2.24, 2.45) is 17.6 Å². The fourth-order valence-electron chi connectivity index (χ4n) is 2.53. The largest absolute Gasteiger partial charge is 0.445 e. The summed E-state index contributed by atoms with van der Waals surface area (Å²) in [5.74, 6) is 1.03. The molecule has 2 aliphatic rings. The highest BCUT2D eigenvalue weighted by Crippen LogP contribution is 2.43. The highest BCUT2D eigenvalue weighted by molar-refractivity contribution is 5.68. The molecule has 2 atom stereocenters. The van der Waals surface area contributed by atoms with E-state index in [0.29, 0.717) is 24.5 Å². The monoisotopic (exact) mass is 232 g/mol. The number of amides is 1. The highest BCUT2D eigenvalue weighted by atomic mass is 16.6. The van der Waals surface area contributed by atoms with Crippen LogP contribution in [0, 0.1) is 11.8 Å². The van der Waals surface area contributed by atoms with Crippen LogP contribution in [0.5, 0.6) is 0 Å². The van der Waals surface area contributed by atoms with Crippen LogP contribution >= 0.6 is 0 Å². The molecule has 17 heavy (non-hydrogen) atoms. The van der Waals surface area contributed by atoms with Crippen LogP contribution in [-0.4, -0.2) is 30.1 Å². The van der Waals surface area contributed by atoms with Gasteiger partial charge in [0.05, 0.1) is 0 Å². The first kappa shape index (κ1) is 10.6. The first-order valence-corrected chi connectivity index (χ1v) is 5.97. The Hall–Kier alpha value is -1.55. The van der Waals surface area contributed by atoms with Crippen LogP contribution in [0.4, 0.5) is 4.79 Å². The number of fused-ring (bicyclic) bond motifs is 1. The van der Waals surface area contributed by atoms with Crippen molar-refractivity contribution in [3.8, 4) is 0 Å². The molecule has 0 spiro atoms. The zero-order valence-electron chi connectivity index (χ0n) is 9.58. The van der Waals surface area contributed by atoms with Crippen LogP contribution < -0.4 is 5.73 Å². The number of rotatable bonds is 2. The molecule has 1 aliphatic carbocycles. The van der Waals surface area contributed by atoms with Gasteiger partial charge in [0.25, 0.3) is 0 Å². The van der Waals surface area contributed by atoms with Gasteiger partial charge in [0.15, 0.2) is 0 Å². The lowest BCUT2D eigenvalue weighted by Crippen LogP contribution is -2.34. The summed E-state index contributed by atoms with van der Waals surface area (Å²) in [5.41, 5.74) is 6.84. The Balaban J connectivity index is 1.49. The predicted molar refractivity (Wildman–Crippen MR) is 63.2 cm³/mol. The molecule has 90 valence electrons. The molecule has 3 rings (SSSR count). The Morgan fingerprint density at radius 1 is 1.29 bits per heavy atom. The predicted octanol–water partition coefficient (Wildman–Crippen LogP) is 1.21. The van der Waals surface area contributed by atoms with Gasteiger partial charge in [-0.2, -0.15) is 0 Å². The Morgan fingerprint density at radius 2 is 1.94 bits per heavy atom. The molecular weight excluding hydrogens is 216 g/mol. The normalized spacial score (nSPS) is 29.9. The van der Waals surface area contributed by atoms with Gasteiger partial charge in [0.1, 0.15) is 6.61 Å². The molecule has 1 aliphatic heterocycles. The number of carbonyl (C=O) groups is 1. The summed E-state index contributed by atoms with van der Waals surface area (Å²) in [6.07, 6.45) is -0.215. The molecule has 1 amide bonds. The molecule has 0 unspecified atom stereocenters. The maximum atomic E-state index is 11.8. The fraction of sp³-hybridized carbons (Fsp3) is 0.462. The van der Waals surface area contributed by atoms with E-state index in [1.165, 1.54) is 0 Å². The van der Waals surface area contributed by atoms with Crippen molar-refractivity contribution in [3.05, 3.63) is 35.9 Å². The van der Waals surface area contributed by atoms with Crippen molar-refractivity contribution >= 4 is 6.09 Å². The minimum Gasteiger partial charge on any atom is -0.445 e. The molecule has 1 aromatic carbocycles. The summed E-state index contributed by atoms with van der Waals surface area (Å²) in [5, 5.41) is 0. The van der Waals surface area contributed by atoms with E-state index in [1.54, 1.807) is 4.90 Å². The van der Waals surface area contributed by atoms with Crippen LogP contribution in [-0.2, 0) is 11.3 Å². The summed E-state index contributed by atoms with van der Waals surface area (Å²) in [7, 11) is 0. The summed E-state index contributed by atoms with van der Waals surface area (Å²) in [6, 6.07) is 10.0. The minimum absolute atomic E-state index is 0.215. The number of nitrogens with zero attached hydrogens (tertiary/aromatic N) is 1. The molecule has 4 heteroatoms. The maximum Gasteiger partial charge on any atom is 0.410 e. The van der Waals surface area contributed by atoms with Crippen molar-refractivity contribution in [1.29, 1.82) is 0 Å². The summed E-state index contributed by atoms with van der Waals surface area (Å²) < 4.78 is 5.26. The molecule has 0 aromatic heterocycles. The molecular formula is C13H16N2O2. The smallest absolute Gasteiger partial charge is 0.410 e. The number of likely N-dealkylation sites (tertiary alicyclic amines) is 1. The summed E-state index contributed by atoms with van der Waals surface area (Å²) in [4.78, 5) is 13.5. The van der Waals surface area contributed by atoms with Crippen molar-refractivity contribution < 1.29 is 9.53 Å². The van der Waals surface area contributed by atoms with Crippen LogP contribution in [0.15, 0.2) is 30.3 Å². The van der Waals surface area contributed by atoms with Gasteiger partial charge in [0, 0.05) is 19.1 Å². The standard InChI is InChI=1S/C13H16N2O2/c14-12-10-6-15(7-11(10)12)13(16)17-8-9-4-2-1-3-5-9/h1-5,10-12H,6-8,14H2/t10-,11-/m1/s1. The van der Waals surface area contributed by atoms with E-state index < -0.39 is 0 Å². The molecule has 0 bridgehead atoms. The molecule has 2 fully saturated rings. The van der Waals surface area contributed by atoms with Gasteiger partial charge in [-0.1, -0.05) is 30.3 Å². The number of piperidine rings is 1. The molecule has 0 radical (unpaired) electrons. The van der Waals surface area contributed by atoms with E-state index in [0.717, 1.165) is 18.7 Å². The topological polar surface area (TPSA) is 55.6 Å². The third-order valence-corrected chi connectivity index (χ3v) is 3.72. The Kier molecular flexibility index (Phi) is 2.52. The lowest BCUT2D eigenvalue weighted by atomic mass is 10.2. The second-order valence-electron chi connectivity index (χ2n) is 4.85. The first-order chi connectivity index (χ1) is 8.25.